The molecule has 184 valence electrons. The smallest absolute Gasteiger partial charge is 0.386 e. The Balaban J connectivity index is 2.27. The number of nitrogens with zero attached hydrogens (tertiary/aromatic N) is 1. The third-order valence-electron chi connectivity index (χ3n) is 4.26. The number of nitrogens with one attached hydrogen (secondary N) is 1. The van der Waals surface area contributed by atoms with Crippen LogP contribution in [0.15, 0.2) is 21.9 Å². The molecule has 1 saturated heterocycles. The number of aromatic nitrogens is 2. The number of H-pyrrole nitrogens is 1. The average molecular weight is 545 g/mol. The molecule has 0 bridgehead atoms. The lowest BCUT2D eigenvalue weighted by atomic mass is 9.90. The van der Waals surface area contributed by atoms with Crippen molar-refractivity contribution in [2.24, 2.45) is 0 Å². The van der Waals surface area contributed by atoms with Gasteiger partial charge in [-0.3, -0.25) is 18.9 Å². The van der Waals surface area contributed by atoms with Crippen molar-refractivity contribution in [2.45, 2.75) is 36.5 Å². The van der Waals surface area contributed by atoms with Gasteiger partial charge in [-0.15, -0.1) is 0 Å². The predicted molar refractivity (Wildman–Crippen MR) is 105 cm³/mol. The van der Waals surface area contributed by atoms with Crippen LogP contribution in [0.5, 0.6) is 0 Å². The van der Waals surface area contributed by atoms with Gasteiger partial charge in [-0.05, 0) is 6.42 Å². The van der Waals surface area contributed by atoms with Crippen LogP contribution in [-0.2, 0) is 36.6 Å². The molecule has 0 amide bonds. The topological polar surface area (TPSA) is 244 Å². The summed E-state index contributed by atoms with van der Waals surface area (Å²) in [5.41, 5.74) is -3.54. The van der Waals surface area contributed by atoms with Crippen LogP contribution in [0, 0.1) is 0 Å². The normalized spacial score (nSPS) is 30.0. The summed E-state index contributed by atoms with van der Waals surface area (Å²) in [5.74, 6) is 0. The highest BCUT2D eigenvalue weighted by molar-refractivity contribution is 7.66. The highest BCUT2D eigenvalue weighted by Gasteiger charge is 2.59. The van der Waals surface area contributed by atoms with Crippen molar-refractivity contribution in [3.63, 3.8) is 0 Å². The molecule has 20 heteroatoms. The highest BCUT2D eigenvalue weighted by Crippen LogP contribution is 2.66. The van der Waals surface area contributed by atoms with Gasteiger partial charge in [0.2, 0.25) is 0 Å². The quantitative estimate of drug-likeness (QED) is 0.164. The number of phosphoric ester groups is 1. The molecule has 16 nitrogen and oxygen atoms in total. The lowest BCUT2D eigenvalue weighted by molar-refractivity contribution is -0.0956. The number of ether oxygens (including phenoxy) is 1. The molecule has 0 spiro atoms. The summed E-state index contributed by atoms with van der Waals surface area (Å²) >= 11 is 6.41. The molecule has 1 aliphatic rings. The van der Waals surface area contributed by atoms with E-state index in [0.717, 1.165) is 16.8 Å². The maximum absolute atomic E-state index is 12.1. The van der Waals surface area contributed by atoms with E-state index in [1.165, 1.54) is 0 Å². The Morgan fingerprint density at radius 3 is 2.38 bits per heavy atom. The minimum absolute atomic E-state index is 0.0590. The molecule has 1 aromatic rings. The minimum Gasteiger partial charge on any atom is -0.386 e. The number of alkyl halides is 1. The van der Waals surface area contributed by atoms with Gasteiger partial charge < -0.3 is 29.4 Å². The standard InChI is InChI=1S/C12H20ClN2O14P3/c1-2-4-11(6-27-31(22,23)29-32(24,25)28-30(19,20)21)9(17)12(13,7-26-11)15-5-3-8(16)14-10(15)18/h3,5,9,17H,2,4,6-7H2,1H3,(H,22,23)(H,24,25)(H,14,16,18)(H2,19,20,21)/t9-,11-,12+/m1/s1. The zero-order valence-electron chi connectivity index (χ0n) is 16.1. The van der Waals surface area contributed by atoms with Crippen molar-refractivity contribution in [3.05, 3.63) is 33.1 Å². The molecule has 0 saturated carbocycles. The van der Waals surface area contributed by atoms with Crippen molar-refractivity contribution < 1.29 is 56.3 Å². The number of aromatic amines is 1. The van der Waals surface area contributed by atoms with Gasteiger partial charge in [0.05, 0.1) is 13.2 Å². The third-order valence-corrected chi connectivity index (χ3v) is 8.55. The summed E-state index contributed by atoms with van der Waals surface area (Å²) in [6, 6.07) is 0.962. The summed E-state index contributed by atoms with van der Waals surface area (Å²) in [5, 5.41) is 10.9. The van der Waals surface area contributed by atoms with E-state index in [1.807, 2.05) is 4.98 Å². The Morgan fingerprint density at radius 1 is 1.22 bits per heavy atom. The summed E-state index contributed by atoms with van der Waals surface area (Å²) < 4.78 is 52.3. The Hall–Kier alpha value is -0.700. The fraction of sp³-hybridized carbons (Fsp3) is 0.667. The second-order valence-electron chi connectivity index (χ2n) is 6.67. The molecular weight excluding hydrogens is 525 g/mol. The first kappa shape index (κ1) is 27.5. The molecule has 2 unspecified atom stereocenters. The van der Waals surface area contributed by atoms with E-state index in [9.17, 15) is 38.2 Å². The van der Waals surface area contributed by atoms with E-state index < -0.39 is 64.6 Å². The summed E-state index contributed by atoms with van der Waals surface area (Å²) in [6.07, 6.45) is -0.543. The first-order valence-corrected chi connectivity index (χ1v) is 13.5. The zero-order chi connectivity index (χ0) is 24.6. The Bertz CT molecular complexity index is 1100. The Morgan fingerprint density at radius 2 is 1.84 bits per heavy atom. The van der Waals surface area contributed by atoms with Crippen LogP contribution in [-0.4, -0.2) is 59.2 Å². The van der Waals surface area contributed by atoms with E-state index in [2.05, 4.69) is 13.1 Å². The van der Waals surface area contributed by atoms with Crippen LogP contribution in [0.25, 0.3) is 0 Å². The van der Waals surface area contributed by atoms with Crippen LogP contribution in [0.1, 0.15) is 19.8 Å². The number of phosphoric acid groups is 3. The lowest BCUT2D eigenvalue weighted by Gasteiger charge is -2.35. The van der Waals surface area contributed by atoms with Gasteiger partial charge in [-0.1, -0.05) is 24.9 Å². The zero-order valence-corrected chi connectivity index (χ0v) is 19.6. The maximum atomic E-state index is 12.1. The number of rotatable bonds is 10. The largest absolute Gasteiger partial charge is 0.490 e. The minimum atomic E-state index is -5.74. The van der Waals surface area contributed by atoms with Crippen molar-refractivity contribution in [1.82, 2.24) is 9.55 Å². The van der Waals surface area contributed by atoms with Crippen molar-refractivity contribution in [1.29, 1.82) is 0 Å². The van der Waals surface area contributed by atoms with Crippen molar-refractivity contribution in [2.75, 3.05) is 13.2 Å². The summed E-state index contributed by atoms with van der Waals surface area (Å²) in [7, 11) is -16.8. The van der Waals surface area contributed by atoms with Gasteiger partial charge in [0.1, 0.15) is 11.7 Å². The molecule has 0 radical (unpaired) electrons. The Kier molecular flexibility index (Phi) is 8.19. The summed E-state index contributed by atoms with van der Waals surface area (Å²) in [4.78, 5) is 59.4. The fourth-order valence-corrected chi connectivity index (χ4v) is 6.50. The fourth-order valence-electron chi connectivity index (χ4n) is 3.04. The Labute approximate surface area is 184 Å². The van der Waals surface area contributed by atoms with Crippen LogP contribution < -0.4 is 11.2 Å². The lowest BCUT2D eigenvalue weighted by Crippen LogP contribution is -2.54. The SMILES string of the molecule is CCC[C@]1(COP(=O)(O)OP(=O)(O)OP(=O)(O)O)OC[C@](Cl)(n2ccc(=O)[nH]c2=O)[C@@H]1O. The highest BCUT2D eigenvalue weighted by atomic mass is 35.5. The molecule has 1 fully saturated rings. The van der Waals surface area contributed by atoms with Gasteiger partial charge in [0, 0.05) is 12.3 Å². The number of hydrogen-bond acceptors (Lipinski definition) is 10. The van der Waals surface area contributed by atoms with Gasteiger partial charge in [-0.25, -0.2) is 18.5 Å². The second kappa shape index (κ2) is 9.51. The van der Waals surface area contributed by atoms with Crippen LogP contribution in [0.3, 0.4) is 0 Å². The van der Waals surface area contributed by atoms with Gasteiger partial charge >= 0.3 is 29.2 Å². The number of hydrogen-bond donors (Lipinski definition) is 6. The monoisotopic (exact) mass is 544 g/mol. The molecule has 5 atom stereocenters. The van der Waals surface area contributed by atoms with E-state index in [4.69, 9.17) is 26.1 Å². The van der Waals surface area contributed by atoms with Crippen LogP contribution in [0.2, 0.25) is 0 Å². The molecular formula is C12H20ClN2O14P3. The van der Waals surface area contributed by atoms with Crippen LogP contribution >= 0.6 is 35.1 Å². The van der Waals surface area contributed by atoms with E-state index in [0.29, 0.717) is 6.42 Å². The molecule has 32 heavy (non-hydrogen) atoms. The first-order valence-electron chi connectivity index (χ1n) is 8.57. The van der Waals surface area contributed by atoms with Gasteiger partial charge in [0.25, 0.3) is 5.56 Å². The second-order valence-corrected chi connectivity index (χ2v) is 11.7. The van der Waals surface area contributed by atoms with Crippen LogP contribution in [0.4, 0.5) is 0 Å². The average Bonchev–Trinajstić information content (AvgIpc) is 2.84. The third kappa shape index (κ3) is 6.45. The molecule has 0 aromatic carbocycles. The first-order chi connectivity index (χ1) is 14.5. The van der Waals surface area contributed by atoms with Gasteiger partial charge in [0.15, 0.2) is 5.00 Å². The van der Waals surface area contributed by atoms with E-state index in [1.54, 1.807) is 6.92 Å². The molecule has 6 N–H and O–H groups in total. The molecule has 2 heterocycles. The number of halogens is 1. The van der Waals surface area contributed by atoms with E-state index in [-0.39, 0.29) is 6.42 Å². The number of aliphatic hydroxyl groups is 1. The molecule has 2 rings (SSSR count). The van der Waals surface area contributed by atoms with E-state index >= 15 is 0 Å². The van der Waals surface area contributed by atoms with Crippen molar-refractivity contribution in [3.8, 4) is 0 Å². The number of aliphatic hydroxyl groups excluding tert-OH is 1. The molecule has 0 aliphatic carbocycles. The summed E-state index contributed by atoms with van der Waals surface area (Å²) in [6.45, 7) is 0.142. The molecule has 1 aliphatic heterocycles. The molecule has 1 aromatic heterocycles. The van der Waals surface area contributed by atoms with Crippen molar-refractivity contribution >= 4 is 35.1 Å². The predicted octanol–water partition coefficient (Wildman–Crippen LogP) is -0.299. The van der Waals surface area contributed by atoms with Gasteiger partial charge in [-0.2, -0.15) is 8.62 Å². The maximum Gasteiger partial charge on any atom is 0.490 e.